The summed E-state index contributed by atoms with van der Waals surface area (Å²) in [4.78, 5) is 12.0. The molecule has 0 atom stereocenters. The Labute approximate surface area is 153 Å². The third-order valence-corrected chi connectivity index (χ3v) is 4.97. The van der Waals surface area contributed by atoms with Crippen LogP contribution in [0.1, 0.15) is 18.9 Å². The largest absolute Gasteiger partial charge is 0.497 e. The molecule has 8 heteroatoms. The van der Waals surface area contributed by atoms with Crippen LogP contribution in [0.2, 0.25) is 0 Å². The van der Waals surface area contributed by atoms with Crippen molar-refractivity contribution < 1.29 is 17.9 Å². The Morgan fingerprint density at radius 3 is 2.31 bits per heavy atom. The van der Waals surface area contributed by atoms with Crippen LogP contribution < -0.4 is 14.9 Å². The highest BCUT2D eigenvalue weighted by atomic mass is 32.2. The molecule has 138 valence electrons. The van der Waals surface area contributed by atoms with Gasteiger partial charge in [-0.2, -0.15) is 5.10 Å². The van der Waals surface area contributed by atoms with Gasteiger partial charge in [0.05, 0.1) is 24.3 Å². The molecule has 0 aliphatic carbocycles. The molecule has 0 radical (unpaired) electrons. The summed E-state index contributed by atoms with van der Waals surface area (Å²) in [7, 11) is -2.15. The highest BCUT2D eigenvalue weighted by Gasteiger charge is 2.14. The van der Waals surface area contributed by atoms with Gasteiger partial charge >= 0.3 is 0 Å². The maximum absolute atomic E-state index is 12.1. The van der Waals surface area contributed by atoms with Gasteiger partial charge in [0.25, 0.3) is 5.91 Å². The van der Waals surface area contributed by atoms with Gasteiger partial charge in [-0.1, -0.05) is 25.1 Å². The van der Waals surface area contributed by atoms with Gasteiger partial charge in [-0.3, -0.25) is 4.79 Å². The Morgan fingerprint density at radius 2 is 1.73 bits per heavy atom. The zero-order valence-corrected chi connectivity index (χ0v) is 15.4. The number of hydrogen-bond donors (Lipinski definition) is 2. The summed E-state index contributed by atoms with van der Waals surface area (Å²) in [6, 6.07) is 15.1. The van der Waals surface area contributed by atoms with E-state index in [0.29, 0.717) is 12.1 Å². The summed E-state index contributed by atoms with van der Waals surface area (Å²) in [6.07, 6.45) is 0.600. The van der Waals surface area contributed by atoms with Crippen LogP contribution in [0, 0.1) is 0 Å². The molecule has 0 bridgehead atoms. The average Bonchev–Trinajstić information content (AvgIpc) is 2.68. The fraction of sp³-hybridized carbons (Fsp3) is 0.222. The predicted molar refractivity (Wildman–Crippen MR) is 99.6 cm³/mol. The van der Waals surface area contributed by atoms with E-state index in [0.717, 1.165) is 11.3 Å². The average molecular weight is 375 g/mol. The number of methoxy groups -OCH3 is 1. The second kappa shape index (κ2) is 9.12. The van der Waals surface area contributed by atoms with Crippen molar-refractivity contribution in [2.45, 2.75) is 18.2 Å². The zero-order valence-electron chi connectivity index (χ0n) is 14.6. The first kappa shape index (κ1) is 19.6. The van der Waals surface area contributed by atoms with Crippen molar-refractivity contribution in [2.75, 3.05) is 13.7 Å². The van der Waals surface area contributed by atoms with Gasteiger partial charge in [-0.25, -0.2) is 18.6 Å². The smallest absolute Gasteiger partial charge is 0.255 e. The number of amides is 1. The van der Waals surface area contributed by atoms with Crippen LogP contribution in [0.15, 0.2) is 64.6 Å². The number of hydrogen-bond acceptors (Lipinski definition) is 5. The molecule has 2 aromatic carbocycles. The van der Waals surface area contributed by atoms with E-state index in [1.807, 2.05) is 19.1 Å². The normalized spacial score (nSPS) is 11.8. The summed E-state index contributed by atoms with van der Waals surface area (Å²) < 4.78 is 31.5. The number of rotatable bonds is 8. The van der Waals surface area contributed by atoms with Crippen LogP contribution in [0.4, 0.5) is 0 Å². The van der Waals surface area contributed by atoms with E-state index in [-0.39, 0.29) is 4.90 Å². The summed E-state index contributed by atoms with van der Waals surface area (Å²) in [5.74, 6) is 0.174. The first-order chi connectivity index (χ1) is 12.5. The van der Waals surface area contributed by atoms with Crippen LogP contribution >= 0.6 is 0 Å². The minimum atomic E-state index is -3.73. The van der Waals surface area contributed by atoms with E-state index in [1.165, 1.54) is 12.1 Å². The summed E-state index contributed by atoms with van der Waals surface area (Å²) >= 11 is 0. The van der Waals surface area contributed by atoms with Crippen molar-refractivity contribution in [1.29, 1.82) is 0 Å². The lowest BCUT2D eigenvalue weighted by Crippen LogP contribution is -2.35. The highest BCUT2D eigenvalue weighted by molar-refractivity contribution is 7.89. The molecule has 0 aliphatic heterocycles. The van der Waals surface area contributed by atoms with Gasteiger partial charge in [0.2, 0.25) is 10.0 Å². The number of sulfonamides is 1. The number of ether oxygens (including phenoxy) is 1. The first-order valence-electron chi connectivity index (χ1n) is 8.01. The van der Waals surface area contributed by atoms with Crippen molar-refractivity contribution in [2.24, 2.45) is 5.10 Å². The van der Waals surface area contributed by atoms with Crippen LogP contribution in [0.3, 0.4) is 0 Å². The van der Waals surface area contributed by atoms with Crippen LogP contribution in [0.5, 0.6) is 5.75 Å². The zero-order chi connectivity index (χ0) is 19.0. The van der Waals surface area contributed by atoms with Crippen molar-refractivity contribution in [3.8, 4) is 5.75 Å². The van der Waals surface area contributed by atoms with E-state index < -0.39 is 22.5 Å². The predicted octanol–water partition coefficient (Wildman–Crippen LogP) is 1.90. The minimum Gasteiger partial charge on any atom is -0.497 e. The molecule has 7 nitrogen and oxygen atoms in total. The molecule has 0 aromatic heterocycles. The molecule has 1 amide bonds. The molecule has 0 heterocycles. The lowest BCUT2D eigenvalue weighted by Gasteiger charge is -2.08. The standard InChI is InChI=1S/C18H21N3O4S/c1-3-17(14-9-11-15(25-2)12-10-14)20-21-18(22)13-19-26(23,24)16-7-5-4-6-8-16/h4-12,19H,3,13H2,1-2H3,(H,21,22)/b20-17-. The lowest BCUT2D eigenvalue weighted by atomic mass is 10.1. The molecule has 0 saturated heterocycles. The fourth-order valence-electron chi connectivity index (χ4n) is 2.14. The van der Waals surface area contributed by atoms with Gasteiger partial charge in [-0.15, -0.1) is 0 Å². The molecular formula is C18H21N3O4S. The number of nitrogens with zero attached hydrogens (tertiary/aromatic N) is 1. The topological polar surface area (TPSA) is 96.9 Å². The Balaban J connectivity index is 1.96. The molecule has 2 rings (SSSR count). The van der Waals surface area contributed by atoms with Crippen molar-refractivity contribution >= 4 is 21.6 Å². The molecule has 26 heavy (non-hydrogen) atoms. The number of hydrazone groups is 1. The molecule has 0 spiro atoms. The summed E-state index contributed by atoms with van der Waals surface area (Å²) in [5, 5.41) is 4.08. The number of carbonyl (C=O) groups is 1. The second-order valence-corrected chi connectivity index (χ2v) is 7.08. The molecule has 0 saturated carbocycles. The number of benzene rings is 2. The Kier molecular flexibility index (Phi) is 6.88. The second-order valence-electron chi connectivity index (χ2n) is 5.31. The molecule has 0 unspecified atom stereocenters. The van der Waals surface area contributed by atoms with Gasteiger partial charge in [-0.05, 0) is 48.4 Å². The minimum absolute atomic E-state index is 0.101. The number of nitrogens with one attached hydrogen (secondary N) is 2. The maximum atomic E-state index is 12.1. The van der Waals surface area contributed by atoms with Gasteiger partial charge < -0.3 is 4.74 Å². The summed E-state index contributed by atoms with van der Waals surface area (Å²) in [5.41, 5.74) is 3.89. The van der Waals surface area contributed by atoms with E-state index in [9.17, 15) is 13.2 Å². The Morgan fingerprint density at radius 1 is 1.08 bits per heavy atom. The quantitative estimate of drug-likeness (QED) is 0.544. The third kappa shape index (κ3) is 5.40. The molecule has 2 aromatic rings. The van der Waals surface area contributed by atoms with Crippen LogP contribution in [-0.2, 0) is 14.8 Å². The van der Waals surface area contributed by atoms with Crippen molar-refractivity contribution in [1.82, 2.24) is 10.1 Å². The lowest BCUT2D eigenvalue weighted by molar-refractivity contribution is -0.119. The molecular weight excluding hydrogens is 354 g/mol. The van der Waals surface area contributed by atoms with Crippen LogP contribution in [-0.4, -0.2) is 33.7 Å². The van der Waals surface area contributed by atoms with Gasteiger partial charge in [0.1, 0.15) is 5.75 Å². The van der Waals surface area contributed by atoms with E-state index in [2.05, 4.69) is 15.2 Å². The van der Waals surface area contributed by atoms with Crippen molar-refractivity contribution in [3.63, 3.8) is 0 Å². The summed E-state index contributed by atoms with van der Waals surface area (Å²) in [6.45, 7) is 1.51. The Hall–Kier alpha value is -2.71. The van der Waals surface area contributed by atoms with E-state index in [1.54, 1.807) is 37.4 Å². The van der Waals surface area contributed by atoms with Crippen LogP contribution in [0.25, 0.3) is 0 Å². The molecule has 2 N–H and O–H groups in total. The van der Waals surface area contributed by atoms with Gasteiger partial charge in [0.15, 0.2) is 0 Å². The monoisotopic (exact) mass is 375 g/mol. The third-order valence-electron chi connectivity index (χ3n) is 3.55. The molecule has 0 aliphatic rings. The highest BCUT2D eigenvalue weighted by Crippen LogP contribution is 2.13. The Bertz CT molecular complexity index is 863. The van der Waals surface area contributed by atoms with Crippen molar-refractivity contribution in [3.05, 3.63) is 60.2 Å². The SMILES string of the molecule is CC/C(=N/NC(=O)CNS(=O)(=O)c1ccccc1)c1ccc(OC)cc1. The molecule has 0 fully saturated rings. The van der Waals surface area contributed by atoms with E-state index >= 15 is 0 Å². The fourth-order valence-corrected chi connectivity index (χ4v) is 3.15. The van der Waals surface area contributed by atoms with E-state index in [4.69, 9.17) is 4.74 Å². The first-order valence-corrected chi connectivity index (χ1v) is 9.49. The maximum Gasteiger partial charge on any atom is 0.255 e. The number of carbonyl (C=O) groups excluding carboxylic acids is 1. The van der Waals surface area contributed by atoms with Gasteiger partial charge in [0, 0.05) is 0 Å².